The maximum atomic E-state index is 11.9. The van der Waals surface area contributed by atoms with E-state index in [-0.39, 0.29) is 5.91 Å². The molecule has 0 aliphatic carbocycles. The average Bonchev–Trinajstić information content (AvgIpc) is 2.48. The van der Waals surface area contributed by atoms with Crippen molar-refractivity contribution in [1.82, 2.24) is 10.9 Å². The molecular formula is C15H14BrN3O2. The van der Waals surface area contributed by atoms with Crippen molar-refractivity contribution in [2.45, 2.75) is 6.92 Å². The zero-order valence-corrected chi connectivity index (χ0v) is 12.9. The van der Waals surface area contributed by atoms with E-state index in [2.05, 4.69) is 32.1 Å². The number of nitrogens with one attached hydrogen (secondary N) is 3. The predicted octanol–water partition coefficient (Wildman–Crippen LogP) is 3.22. The number of rotatable bonds is 2. The number of hydrazine groups is 1. The Morgan fingerprint density at radius 3 is 2.38 bits per heavy atom. The van der Waals surface area contributed by atoms with E-state index in [4.69, 9.17) is 0 Å². The van der Waals surface area contributed by atoms with Crippen molar-refractivity contribution in [3.05, 3.63) is 64.1 Å². The number of aryl methyl sites for hydroxylation is 1. The number of halogens is 1. The van der Waals surface area contributed by atoms with Gasteiger partial charge in [-0.3, -0.25) is 10.2 Å². The normalized spacial score (nSPS) is 9.81. The molecule has 0 unspecified atom stereocenters. The molecular weight excluding hydrogens is 334 g/mol. The molecule has 3 N–H and O–H groups in total. The topological polar surface area (TPSA) is 70.2 Å². The van der Waals surface area contributed by atoms with E-state index in [1.54, 1.807) is 36.4 Å². The van der Waals surface area contributed by atoms with Gasteiger partial charge in [-0.05, 0) is 36.8 Å². The summed E-state index contributed by atoms with van der Waals surface area (Å²) >= 11 is 3.36. The number of carbonyl (C=O) groups is 2. The lowest BCUT2D eigenvalue weighted by Crippen LogP contribution is -2.43. The van der Waals surface area contributed by atoms with Crippen LogP contribution < -0.4 is 16.2 Å². The summed E-state index contributed by atoms with van der Waals surface area (Å²) < 4.78 is 0.837. The molecule has 0 aliphatic heterocycles. The Kier molecular flexibility index (Phi) is 4.94. The van der Waals surface area contributed by atoms with Crippen LogP contribution in [0.3, 0.4) is 0 Å². The summed E-state index contributed by atoms with van der Waals surface area (Å²) in [5.74, 6) is -0.390. The minimum atomic E-state index is -0.513. The maximum absolute atomic E-state index is 11.9. The molecule has 2 aromatic rings. The van der Waals surface area contributed by atoms with Crippen LogP contribution in [0, 0.1) is 6.92 Å². The third-order valence-electron chi connectivity index (χ3n) is 2.76. The van der Waals surface area contributed by atoms with E-state index >= 15 is 0 Å². The smallest absolute Gasteiger partial charge is 0.307 e. The Bertz CT molecular complexity index is 659. The number of benzene rings is 2. The lowest BCUT2D eigenvalue weighted by molar-refractivity contribution is 0.0938. The first-order valence-electron chi connectivity index (χ1n) is 6.25. The van der Waals surface area contributed by atoms with Crippen LogP contribution in [0.15, 0.2) is 53.0 Å². The molecule has 0 aliphatic rings. The highest BCUT2D eigenvalue weighted by molar-refractivity contribution is 9.10. The van der Waals surface area contributed by atoms with Crippen LogP contribution in [0.5, 0.6) is 0 Å². The number of para-hydroxylation sites is 1. The van der Waals surface area contributed by atoms with Crippen molar-refractivity contribution in [2.24, 2.45) is 0 Å². The predicted molar refractivity (Wildman–Crippen MR) is 84.9 cm³/mol. The molecule has 0 saturated heterocycles. The van der Waals surface area contributed by atoms with Crippen molar-refractivity contribution in [3.8, 4) is 0 Å². The Morgan fingerprint density at radius 1 is 1.00 bits per heavy atom. The van der Waals surface area contributed by atoms with Crippen LogP contribution in [0.1, 0.15) is 15.9 Å². The molecule has 108 valence electrons. The van der Waals surface area contributed by atoms with Gasteiger partial charge in [0.05, 0.1) is 0 Å². The fraction of sp³-hybridized carbons (Fsp3) is 0.0667. The second kappa shape index (κ2) is 6.90. The molecule has 0 heterocycles. The number of hydrogen-bond donors (Lipinski definition) is 3. The highest BCUT2D eigenvalue weighted by Gasteiger charge is 2.08. The van der Waals surface area contributed by atoms with E-state index in [0.717, 1.165) is 10.0 Å². The van der Waals surface area contributed by atoms with E-state index in [0.29, 0.717) is 11.3 Å². The summed E-state index contributed by atoms with van der Waals surface area (Å²) in [4.78, 5) is 23.5. The highest BCUT2D eigenvalue weighted by Crippen LogP contribution is 2.17. The van der Waals surface area contributed by atoms with E-state index in [1.807, 2.05) is 19.1 Å². The van der Waals surface area contributed by atoms with Gasteiger partial charge in [-0.25, -0.2) is 10.2 Å². The summed E-state index contributed by atoms with van der Waals surface area (Å²) in [6, 6.07) is 13.6. The number of urea groups is 1. The van der Waals surface area contributed by atoms with E-state index < -0.39 is 6.03 Å². The van der Waals surface area contributed by atoms with Gasteiger partial charge in [0.15, 0.2) is 0 Å². The molecule has 3 amide bonds. The van der Waals surface area contributed by atoms with Crippen LogP contribution in [-0.4, -0.2) is 11.9 Å². The molecule has 0 bridgehead atoms. The molecule has 5 nitrogen and oxygen atoms in total. The minimum Gasteiger partial charge on any atom is -0.307 e. The fourth-order valence-corrected chi connectivity index (χ4v) is 1.98. The van der Waals surface area contributed by atoms with Gasteiger partial charge < -0.3 is 5.32 Å². The van der Waals surface area contributed by atoms with Crippen LogP contribution in [0.2, 0.25) is 0 Å². The number of carbonyl (C=O) groups excluding carboxylic acids is 2. The molecule has 2 aromatic carbocycles. The van der Waals surface area contributed by atoms with Crippen LogP contribution in [-0.2, 0) is 0 Å². The fourth-order valence-electron chi connectivity index (χ4n) is 1.60. The largest absolute Gasteiger partial charge is 0.337 e. The third-order valence-corrected chi connectivity index (χ3v) is 3.61. The van der Waals surface area contributed by atoms with Crippen molar-refractivity contribution >= 4 is 33.6 Å². The van der Waals surface area contributed by atoms with Crippen molar-refractivity contribution in [2.75, 3.05) is 5.32 Å². The van der Waals surface area contributed by atoms with E-state index in [9.17, 15) is 9.59 Å². The minimum absolute atomic E-state index is 0.390. The molecule has 0 aromatic heterocycles. The van der Waals surface area contributed by atoms with Gasteiger partial charge in [0, 0.05) is 15.7 Å². The van der Waals surface area contributed by atoms with Gasteiger partial charge in [0.1, 0.15) is 0 Å². The number of amides is 3. The molecule has 6 heteroatoms. The van der Waals surface area contributed by atoms with Crippen LogP contribution >= 0.6 is 15.9 Å². The standard InChI is InChI=1S/C15H14BrN3O2/c1-10-7-8-11(9-13(10)16)14(20)18-19-15(21)17-12-5-3-2-4-6-12/h2-9H,1H3,(H,18,20)(H2,17,19,21). The molecule has 0 atom stereocenters. The summed E-state index contributed by atoms with van der Waals surface area (Å²) in [7, 11) is 0. The second-order valence-electron chi connectivity index (χ2n) is 4.36. The van der Waals surface area contributed by atoms with E-state index in [1.165, 1.54) is 0 Å². The Balaban J connectivity index is 1.89. The molecule has 0 radical (unpaired) electrons. The molecule has 2 rings (SSSR count). The summed E-state index contributed by atoms with van der Waals surface area (Å²) in [5.41, 5.74) is 6.76. The third kappa shape index (κ3) is 4.32. The van der Waals surface area contributed by atoms with Gasteiger partial charge in [0.25, 0.3) is 5.91 Å². The number of anilines is 1. The van der Waals surface area contributed by atoms with Gasteiger partial charge in [0.2, 0.25) is 0 Å². The van der Waals surface area contributed by atoms with Gasteiger partial charge in [-0.1, -0.05) is 40.2 Å². The van der Waals surface area contributed by atoms with Gasteiger partial charge in [-0.15, -0.1) is 0 Å². The average molecular weight is 348 g/mol. The van der Waals surface area contributed by atoms with Crippen molar-refractivity contribution < 1.29 is 9.59 Å². The van der Waals surface area contributed by atoms with Crippen molar-refractivity contribution in [3.63, 3.8) is 0 Å². The molecule has 0 fully saturated rings. The van der Waals surface area contributed by atoms with Crippen LogP contribution in [0.4, 0.5) is 10.5 Å². The zero-order valence-electron chi connectivity index (χ0n) is 11.3. The first-order valence-corrected chi connectivity index (χ1v) is 7.04. The first-order chi connectivity index (χ1) is 10.1. The molecule has 21 heavy (non-hydrogen) atoms. The monoisotopic (exact) mass is 347 g/mol. The Hall–Kier alpha value is -2.34. The van der Waals surface area contributed by atoms with Crippen molar-refractivity contribution in [1.29, 1.82) is 0 Å². The van der Waals surface area contributed by atoms with Gasteiger partial charge in [-0.2, -0.15) is 0 Å². The molecule has 0 spiro atoms. The highest BCUT2D eigenvalue weighted by atomic mass is 79.9. The Morgan fingerprint density at radius 2 is 1.71 bits per heavy atom. The lowest BCUT2D eigenvalue weighted by atomic mass is 10.1. The van der Waals surface area contributed by atoms with Crippen LogP contribution in [0.25, 0.3) is 0 Å². The first kappa shape index (κ1) is 15.1. The number of hydrogen-bond acceptors (Lipinski definition) is 2. The Labute approximate surface area is 130 Å². The summed E-state index contributed by atoms with van der Waals surface area (Å²) in [5, 5.41) is 2.60. The second-order valence-corrected chi connectivity index (χ2v) is 5.22. The molecule has 0 saturated carbocycles. The summed E-state index contributed by atoms with van der Waals surface area (Å²) in [6.07, 6.45) is 0. The SMILES string of the molecule is Cc1ccc(C(=O)NNC(=O)Nc2ccccc2)cc1Br. The quantitative estimate of drug-likeness (QED) is 0.730. The van der Waals surface area contributed by atoms with Gasteiger partial charge >= 0.3 is 6.03 Å². The lowest BCUT2D eigenvalue weighted by Gasteiger charge is -2.09. The zero-order chi connectivity index (χ0) is 15.2. The maximum Gasteiger partial charge on any atom is 0.337 e. The summed E-state index contributed by atoms with van der Waals surface area (Å²) in [6.45, 7) is 1.93.